The Morgan fingerprint density at radius 2 is 1.95 bits per heavy atom. The quantitative estimate of drug-likeness (QED) is 0.0780. The number of phenols is 2. The lowest BCUT2D eigenvalue weighted by atomic mass is 10.0. The van der Waals surface area contributed by atoms with Gasteiger partial charge in [-0.15, -0.1) is 23.1 Å². The van der Waals surface area contributed by atoms with Crippen molar-refractivity contribution in [1.29, 1.82) is 0 Å². The van der Waals surface area contributed by atoms with Crippen LogP contribution < -0.4 is 16.4 Å². The molecule has 4 rings (SSSR count). The first-order valence-corrected chi connectivity index (χ1v) is 14.8. The van der Waals surface area contributed by atoms with Crippen LogP contribution in [0.5, 0.6) is 11.5 Å². The number of nitrogen functional groups attached to an aromatic ring is 1. The molecule has 1 fully saturated rings. The van der Waals surface area contributed by atoms with Gasteiger partial charge in [-0.3, -0.25) is 19.3 Å². The van der Waals surface area contributed by atoms with E-state index in [4.69, 9.17) is 10.6 Å². The number of aromatic nitrogens is 1. The van der Waals surface area contributed by atoms with E-state index in [9.17, 15) is 44.4 Å². The Morgan fingerprint density at radius 1 is 1.26 bits per heavy atom. The van der Waals surface area contributed by atoms with Crippen LogP contribution in [0.2, 0.25) is 0 Å². The number of oxime groups is 1. The number of aromatic hydroxyl groups is 2. The lowest BCUT2D eigenvalue weighted by Crippen LogP contribution is -2.71. The maximum atomic E-state index is 13.2. The minimum absolute atomic E-state index is 0.0150. The predicted molar refractivity (Wildman–Crippen MR) is 155 cm³/mol. The van der Waals surface area contributed by atoms with E-state index in [-0.39, 0.29) is 44.4 Å². The van der Waals surface area contributed by atoms with E-state index in [1.807, 2.05) is 0 Å². The summed E-state index contributed by atoms with van der Waals surface area (Å²) in [5.41, 5.74) is 3.22. The molecule has 2 aliphatic rings. The van der Waals surface area contributed by atoms with E-state index in [2.05, 4.69) is 36.7 Å². The maximum Gasteiger partial charge on any atom is 0.352 e. The molecule has 0 radical (unpaired) electrons. The Kier molecular flexibility index (Phi) is 8.88. The second kappa shape index (κ2) is 12.1. The first-order chi connectivity index (χ1) is 20.1. The van der Waals surface area contributed by atoms with Gasteiger partial charge in [-0.25, -0.2) is 14.6 Å². The molecule has 3 heterocycles. The third-order valence-electron chi connectivity index (χ3n) is 6.16. The van der Waals surface area contributed by atoms with Crippen LogP contribution in [0.25, 0.3) is 0 Å². The third-order valence-corrected chi connectivity index (χ3v) is 8.78. The average molecular weight is 700 g/mol. The van der Waals surface area contributed by atoms with Crippen LogP contribution in [0.3, 0.4) is 0 Å². The number of nitrogens with one attached hydrogen (secondary N) is 2. The largest absolute Gasteiger partial charge is 0.504 e. The van der Waals surface area contributed by atoms with Gasteiger partial charge in [0.2, 0.25) is 5.60 Å². The van der Waals surface area contributed by atoms with E-state index in [1.54, 1.807) is 0 Å². The van der Waals surface area contributed by atoms with Crippen LogP contribution in [-0.2, 0) is 24.0 Å². The molecule has 0 aliphatic carbocycles. The molecule has 1 saturated heterocycles. The fraction of sp³-hybridized carbons (Fsp3) is 0.292. The number of thiazole rings is 1. The van der Waals surface area contributed by atoms with Crippen LogP contribution >= 0.6 is 39.0 Å². The fourth-order valence-electron chi connectivity index (χ4n) is 3.83. The summed E-state index contributed by atoms with van der Waals surface area (Å²) in [5.74, 6) is -6.06. The van der Waals surface area contributed by atoms with Gasteiger partial charge < -0.3 is 41.6 Å². The molecule has 43 heavy (non-hydrogen) atoms. The van der Waals surface area contributed by atoms with Gasteiger partial charge in [-0.1, -0.05) is 5.16 Å². The van der Waals surface area contributed by atoms with Gasteiger partial charge in [-0.2, -0.15) is 0 Å². The zero-order chi connectivity index (χ0) is 31.8. The maximum absolute atomic E-state index is 13.2. The number of nitrogens with two attached hydrogens (primary N) is 1. The number of halogens is 1. The Morgan fingerprint density at radius 3 is 2.53 bits per heavy atom. The van der Waals surface area contributed by atoms with Gasteiger partial charge >= 0.3 is 11.9 Å². The minimum Gasteiger partial charge on any atom is -0.504 e. The summed E-state index contributed by atoms with van der Waals surface area (Å²) in [7, 11) is 0. The number of anilines is 1. The Bertz CT molecular complexity index is 1580. The number of fused-ring (bicyclic) bond motifs is 1. The summed E-state index contributed by atoms with van der Waals surface area (Å²) >= 11 is 5.14. The van der Waals surface area contributed by atoms with Crippen molar-refractivity contribution in [3.05, 3.63) is 44.5 Å². The van der Waals surface area contributed by atoms with Crippen LogP contribution in [0.1, 0.15) is 29.9 Å². The van der Waals surface area contributed by atoms with Crippen LogP contribution in [0.4, 0.5) is 5.13 Å². The summed E-state index contributed by atoms with van der Waals surface area (Å²) in [6, 6.07) is 1.12. The molecule has 8 N–H and O–H groups in total. The van der Waals surface area contributed by atoms with Gasteiger partial charge in [0.15, 0.2) is 22.3 Å². The number of carboxylic acids is 2. The molecule has 1 unspecified atom stereocenters. The molecule has 0 bridgehead atoms. The van der Waals surface area contributed by atoms with Crippen molar-refractivity contribution < 1.29 is 49.2 Å². The van der Waals surface area contributed by atoms with E-state index >= 15 is 0 Å². The van der Waals surface area contributed by atoms with E-state index in [0.717, 1.165) is 34.1 Å². The highest BCUT2D eigenvalue weighted by Crippen LogP contribution is 2.40. The Hall–Kier alpha value is -4.36. The van der Waals surface area contributed by atoms with Gasteiger partial charge in [0.25, 0.3) is 17.7 Å². The number of carboxylic acid groups (broad SMARTS) is 2. The fourth-order valence-corrected chi connectivity index (χ4v) is 6.18. The van der Waals surface area contributed by atoms with Crippen LogP contribution in [0.15, 0.2) is 38.4 Å². The van der Waals surface area contributed by atoms with Gasteiger partial charge in [0, 0.05) is 23.2 Å². The van der Waals surface area contributed by atoms with Crippen molar-refractivity contribution >= 4 is 79.5 Å². The highest BCUT2D eigenvalue weighted by molar-refractivity contribution is 9.10. The predicted octanol–water partition coefficient (Wildman–Crippen LogP) is 0.651. The second-order valence-corrected chi connectivity index (χ2v) is 12.4. The molecule has 3 amide bonds. The Labute approximate surface area is 258 Å². The number of benzene rings is 1. The van der Waals surface area contributed by atoms with Crippen molar-refractivity contribution in [3.63, 3.8) is 0 Å². The highest BCUT2D eigenvalue weighted by Gasteiger charge is 2.54. The normalized spacial score (nSPS) is 18.4. The first kappa shape index (κ1) is 31.6. The number of hydrogen-bond donors (Lipinski definition) is 7. The number of β-lactam (4-membered cyclic amide) rings is 1. The first-order valence-electron chi connectivity index (χ1n) is 12.0. The number of carbonyl (C=O) groups excluding carboxylic acids is 3. The summed E-state index contributed by atoms with van der Waals surface area (Å²) in [5, 5.41) is 48.0. The minimum atomic E-state index is -1.80. The lowest BCUT2D eigenvalue weighted by Gasteiger charge is -2.49. The number of amides is 3. The number of carbonyl (C=O) groups is 5. The van der Waals surface area contributed by atoms with Crippen molar-refractivity contribution in [1.82, 2.24) is 20.5 Å². The molecule has 1 aromatic carbocycles. The monoisotopic (exact) mass is 698 g/mol. The van der Waals surface area contributed by atoms with Crippen molar-refractivity contribution in [2.24, 2.45) is 5.16 Å². The van der Waals surface area contributed by atoms with Crippen molar-refractivity contribution in [2.45, 2.75) is 30.9 Å². The Balaban J connectivity index is 1.50. The number of hydrogen-bond acceptors (Lipinski definition) is 13. The van der Waals surface area contributed by atoms with Gasteiger partial charge in [-0.05, 0) is 47.5 Å². The molecule has 2 aromatic rings. The lowest BCUT2D eigenvalue weighted by molar-refractivity contribution is -0.161. The third kappa shape index (κ3) is 6.37. The highest BCUT2D eigenvalue weighted by atomic mass is 79.9. The average Bonchev–Trinajstić information content (AvgIpc) is 3.37. The molecule has 0 spiro atoms. The van der Waals surface area contributed by atoms with E-state index < -0.39 is 63.9 Å². The van der Waals surface area contributed by atoms with Crippen LogP contribution in [0, 0.1) is 0 Å². The number of phenolic OH excluding ortho intramolecular Hbond substituents is 2. The molecule has 1 aromatic heterocycles. The number of rotatable bonds is 10. The molecule has 2 atom stereocenters. The smallest absolute Gasteiger partial charge is 0.352 e. The zero-order valence-corrected chi connectivity index (χ0v) is 25.4. The van der Waals surface area contributed by atoms with Crippen molar-refractivity contribution in [3.8, 4) is 11.5 Å². The topological polar surface area (TPSA) is 254 Å². The zero-order valence-electron chi connectivity index (χ0n) is 22.2. The number of thioether (sulfide) groups is 1. The molecule has 228 valence electrons. The molecular formula is C24H23BrN6O10S2. The molecule has 2 aliphatic heterocycles. The van der Waals surface area contributed by atoms with E-state index in [0.29, 0.717) is 0 Å². The number of nitrogens with zero attached hydrogens (tertiary/aromatic N) is 3. The van der Waals surface area contributed by atoms with E-state index in [1.165, 1.54) is 25.3 Å². The standard InChI is InChI=1S/C24H23BrN6O10S2/c1-24(2,22(39)40)41-30-13(11-7-43-23(26)28-11)18(35)29-14-19(36)31-15(21(37)38)9(6-42-20(14)31)5-27-17(34)8-3-10(25)16(33)12(32)4-8/h3-4,7,14,20,32-33H,5-6H2,1-2H3,(H2,26,28)(H,27,34)(H,29,35)(H,37,38)(H,39,40)/b30-13-/t14?,20-/m0/s1. The molecular weight excluding hydrogens is 676 g/mol. The summed E-state index contributed by atoms with van der Waals surface area (Å²) in [6.45, 7) is 2.17. The SMILES string of the molecule is CC(C)(O/N=C(\C(=O)NC1C(=O)N2C(C(=O)O)=C(CNC(=O)c3cc(O)c(O)c(Br)c3)CS[C@@H]12)c1csc(N)n1)C(=O)O. The molecule has 16 nitrogen and oxygen atoms in total. The summed E-state index contributed by atoms with van der Waals surface area (Å²) in [4.78, 5) is 72.5. The second-order valence-electron chi connectivity index (χ2n) is 9.54. The molecule has 19 heteroatoms. The van der Waals surface area contributed by atoms with Crippen LogP contribution in [-0.4, -0.2) is 95.0 Å². The summed E-state index contributed by atoms with van der Waals surface area (Å²) < 4.78 is 0.0713. The summed E-state index contributed by atoms with van der Waals surface area (Å²) in [6.07, 6.45) is 0. The van der Waals surface area contributed by atoms with Gasteiger partial charge in [0.1, 0.15) is 22.8 Å². The molecule has 0 saturated carbocycles. The van der Waals surface area contributed by atoms with Crippen molar-refractivity contribution in [2.75, 3.05) is 18.0 Å². The van der Waals surface area contributed by atoms with Gasteiger partial charge in [0.05, 0.1) is 4.47 Å². The number of aliphatic carboxylic acids is 2.